The van der Waals surface area contributed by atoms with E-state index in [4.69, 9.17) is 5.11 Å². The number of nitrogens with zero attached hydrogens (tertiary/aromatic N) is 2. The topological polar surface area (TPSA) is 82.5 Å². The molecule has 1 rings (SSSR count). The van der Waals surface area contributed by atoms with Crippen molar-refractivity contribution < 1.29 is 14.7 Å². The molecule has 0 saturated heterocycles. The zero-order valence-corrected chi connectivity index (χ0v) is 13.1. The van der Waals surface area contributed by atoms with Crippen LogP contribution in [0.5, 0.6) is 0 Å². The monoisotopic (exact) mass is 299 g/mol. The van der Waals surface area contributed by atoms with E-state index in [0.717, 1.165) is 17.8 Å². The van der Waals surface area contributed by atoms with Crippen molar-refractivity contribution in [3.63, 3.8) is 0 Å². The summed E-state index contributed by atoms with van der Waals surface area (Å²) in [5.74, 6) is -0.530. The number of rotatable bonds is 6. The summed E-state index contributed by atoms with van der Waals surface area (Å²) in [4.78, 5) is 28.8. The van der Waals surface area contributed by atoms with Crippen LogP contribution < -0.4 is 5.32 Å². The maximum absolute atomic E-state index is 11.9. The summed E-state index contributed by atoms with van der Waals surface area (Å²) in [7, 11) is 1.75. The highest BCUT2D eigenvalue weighted by molar-refractivity contribution is 7.13. The van der Waals surface area contributed by atoms with Gasteiger partial charge in [-0.25, -0.2) is 14.6 Å². The zero-order chi connectivity index (χ0) is 15.3. The summed E-state index contributed by atoms with van der Waals surface area (Å²) in [5, 5.41) is 12.3. The van der Waals surface area contributed by atoms with E-state index in [1.54, 1.807) is 18.9 Å². The van der Waals surface area contributed by atoms with E-state index in [1.807, 2.05) is 0 Å². The Morgan fingerprint density at radius 1 is 1.50 bits per heavy atom. The Balaban J connectivity index is 2.52. The van der Waals surface area contributed by atoms with Gasteiger partial charge in [0.25, 0.3) is 0 Å². The number of aryl methyl sites for hydroxylation is 1. The quantitative estimate of drug-likeness (QED) is 0.844. The molecule has 0 bridgehead atoms. The first-order valence-corrected chi connectivity index (χ1v) is 7.35. The number of hydrogen-bond donors (Lipinski definition) is 2. The maximum atomic E-state index is 11.9. The number of aromatic nitrogens is 1. The minimum Gasteiger partial charge on any atom is -0.477 e. The molecule has 1 aromatic rings. The van der Waals surface area contributed by atoms with Gasteiger partial charge in [0.15, 0.2) is 0 Å². The summed E-state index contributed by atoms with van der Waals surface area (Å²) in [5.41, 5.74) is 0.486. The van der Waals surface area contributed by atoms with Crippen LogP contribution in [-0.2, 0) is 6.54 Å². The third kappa shape index (κ3) is 4.48. The first-order chi connectivity index (χ1) is 9.35. The van der Waals surface area contributed by atoms with Crippen molar-refractivity contribution in [1.29, 1.82) is 0 Å². The molecule has 0 aliphatic carbocycles. The lowest BCUT2D eigenvalue weighted by atomic mass is 10.1. The lowest BCUT2D eigenvalue weighted by molar-refractivity contribution is 0.0701. The van der Waals surface area contributed by atoms with Crippen molar-refractivity contribution in [3.8, 4) is 0 Å². The van der Waals surface area contributed by atoms with Gasteiger partial charge in [-0.15, -0.1) is 11.3 Å². The molecule has 0 radical (unpaired) electrons. The van der Waals surface area contributed by atoms with Crippen LogP contribution in [0.25, 0.3) is 0 Å². The van der Waals surface area contributed by atoms with E-state index >= 15 is 0 Å². The smallest absolute Gasteiger partial charge is 0.347 e. The van der Waals surface area contributed by atoms with Gasteiger partial charge in [-0.1, -0.05) is 20.3 Å². The number of carbonyl (C=O) groups is 2. The molecule has 1 atom stereocenters. The minimum atomic E-state index is -0.980. The molecule has 1 heterocycles. The van der Waals surface area contributed by atoms with Crippen LogP contribution in [0.3, 0.4) is 0 Å². The van der Waals surface area contributed by atoms with Gasteiger partial charge in [0.1, 0.15) is 9.88 Å². The molecule has 0 aromatic carbocycles. The molecule has 20 heavy (non-hydrogen) atoms. The van der Waals surface area contributed by atoms with Crippen molar-refractivity contribution >= 4 is 23.3 Å². The number of hydrogen-bond acceptors (Lipinski definition) is 4. The average molecular weight is 299 g/mol. The van der Waals surface area contributed by atoms with Crippen molar-refractivity contribution in [3.05, 3.63) is 15.6 Å². The molecule has 0 aliphatic heterocycles. The van der Waals surface area contributed by atoms with Crippen LogP contribution in [0.1, 0.15) is 40.6 Å². The Kier molecular flexibility index (Phi) is 5.94. The lowest BCUT2D eigenvalue weighted by Crippen LogP contribution is -2.39. The molecule has 0 saturated carbocycles. The van der Waals surface area contributed by atoms with E-state index in [9.17, 15) is 9.59 Å². The van der Waals surface area contributed by atoms with Crippen molar-refractivity contribution in [2.75, 3.05) is 13.6 Å². The Hall–Kier alpha value is -1.63. The van der Waals surface area contributed by atoms with Crippen LogP contribution in [-0.4, -0.2) is 40.6 Å². The zero-order valence-electron chi connectivity index (χ0n) is 12.3. The van der Waals surface area contributed by atoms with E-state index in [1.165, 1.54) is 0 Å². The summed E-state index contributed by atoms with van der Waals surface area (Å²) in [6, 6.07) is -0.171. The summed E-state index contributed by atoms with van der Waals surface area (Å²) in [6.07, 6.45) is 1.02. The summed E-state index contributed by atoms with van der Waals surface area (Å²) >= 11 is 1.10. The third-order valence-electron chi connectivity index (χ3n) is 3.06. The van der Waals surface area contributed by atoms with Crippen LogP contribution >= 0.6 is 11.3 Å². The number of carboxylic acids is 1. The normalized spacial score (nSPS) is 12.0. The molecule has 0 aliphatic rings. The molecule has 112 valence electrons. The van der Waals surface area contributed by atoms with Crippen molar-refractivity contribution in [1.82, 2.24) is 15.2 Å². The van der Waals surface area contributed by atoms with Gasteiger partial charge in [-0.05, 0) is 12.8 Å². The average Bonchev–Trinajstić information content (AvgIpc) is 2.77. The van der Waals surface area contributed by atoms with Crippen LogP contribution in [0.4, 0.5) is 4.79 Å². The van der Waals surface area contributed by atoms with Gasteiger partial charge in [0.05, 0.1) is 12.2 Å². The number of carbonyl (C=O) groups excluding carboxylic acids is 1. The highest BCUT2D eigenvalue weighted by atomic mass is 32.1. The molecular formula is C13H21N3O3S. The van der Waals surface area contributed by atoms with Crippen LogP contribution in [0.15, 0.2) is 0 Å². The van der Waals surface area contributed by atoms with Gasteiger partial charge in [-0.2, -0.15) is 0 Å². The molecule has 1 aromatic heterocycles. The fourth-order valence-electron chi connectivity index (χ4n) is 1.69. The standard InChI is InChI=1S/C13H21N3O3S/c1-5-8(2)7-16(4)13(19)14-6-10-15-9(3)11(20-10)12(17)18/h8H,5-7H2,1-4H3,(H,14,19)(H,17,18). The Bertz CT molecular complexity index is 487. The molecular weight excluding hydrogens is 278 g/mol. The largest absolute Gasteiger partial charge is 0.477 e. The van der Waals surface area contributed by atoms with Gasteiger partial charge in [0, 0.05) is 13.6 Å². The van der Waals surface area contributed by atoms with E-state index < -0.39 is 5.97 Å². The maximum Gasteiger partial charge on any atom is 0.347 e. The fraction of sp³-hybridized carbons (Fsp3) is 0.615. The van der Waals surface area contributed by atoms with Gasteiger partial charge >= 0.3 is 12.0 Å². The Morgan fingerprint density at radius 3 is 2.65 bits per heavy atom. The lowest BCUT2D eigenvalue weighted by Gasteiger charge is -2.20. The predicted octanol–water partition coefficient (Wildman–Crippen LogP) is 2.34. The van der Waals surface area contributed by atoms with Crippen LogP contribution in [0, 0.1) is 12.8 Å². The number of carboxylic acid groups (broad SMARTS) is 1. The van der Waals surface area contributed by atoms with E-state index in [2.05, 4.69) is 24.1 Å². The Labute approximate surface area is 122 Å². The molecule has 2 N–H and O–H groups in total. The van der Waals surface area contributed by atoms with E-state index in [0.29, 0.717) is 23.2 Å². The summed E-state index contributed by atoms with van der Waals surface area (Å²) < 4.78 is 0. The SMILES string of the molecule is CCC(C)CN(C)C(=O)NCc1nc(C)c(C(=O)O)s1. The first kappa shape index (κ1) is 16.4. The van der Waals surface area contributed by atoms with Gasteiger partial charge < -0.3 is 15.3 Å². The second-order valence-corrected chi connectivity index (χ2v) is 5.96. The molecule has 0 fully saturated rings. The Morgan fingerprint density at radius 2 is 2.15 bits per heavy atom. The highest BCUT2D eigenvalue weighted by Crippen LogP contribution is 2.17. The molecule has 6 nitrogen and oxygen atoms in total. The minimum absolute atomic E-state index is 0.171. The predicted molar refractivity (Wildman–Crippen MR) is 78.1 cm³/mol. The molecule has 0 spiro atoms. The fourth-order valence-corrected chi connectivity index (χ4v) is 2.54. The molecule has 1 unspecified atom stereocenters. The van der Waals surface area contributed by atoms with E-state index in [-0.39, 0.29) is 17.5 Å². The van der Waals surface area contributed by atoms with Crippen molar-refractivity contribution in [2.45, 2.75) is 33.7 Å². The van der Waals surface area contributed by atoms with Crippen molar-refractivity contribution in [2.24, 2.45) is 5.92 Å². The number of aromatic carboxylic acids is 1. The molecule has 7 heteroatoms. The highest BCUT2D eigenvalue weighted by Gasteiger charge is 2.15. The summed E-state index contributed by atoms with van der Waals surface area (Å²) in [6.45, 7) is 6.78. The molecule has 2 amide bonds. The number of thiazole rings is 1. The second-order valence-electron chi connectivity index (χ2n) is 4.88. The van der Waals surface area contributed by atoms with Gasteiger partial charge in [0.2, 0.25) is 0 Å². The van der Waals surface area contributed by atoms with Gasteiger partial charge in [-0.3, -0.25) is 0 Å². The first-order valence-electron chi connectivity index (χ1n) is 6.53. The second kappa shape index (κ2) is 7.23. The number of urea groups is 1. The number of amides is 2. The van der Waals surface area contributed by atoms with Crippen LogP contribution in [0.2, 0.25) is 0 Å². The third-order valence-corrected chi connectivity index (χ3v) is 4.20. The number of nitrogens with one attached hydrogen (secondary N) is 1.